The van der Waals surface area contributed by atoms with Crippen LogP contribution in [-0.4, -0.2) is 25.8 Å². The number of hydrogen-bond acceptors (Lipinski definition) is 4. The highest BCUT2D eigenvalue weighted by atomic mass is 16.6. The Hall–Kier alpha value is -2.11. The van der Waals surface area contributed by atoms with Crippen LogP contribution in [0, 0.1) is 0 Å². The minimum absolute atomic E-state index is 0.265. The first kappa shape index (κ1) is 13.3. The molecule has 0 aliphatic carbocycles. The van der Waals surface area contributed by atoms with Crippen molar-refractivity contribution in [2.75, 3.05) is 0 Å². The van der Waals surface area contributed by atoms with Crippen LogP contribution in [0.25, 0.3) is 5.52 Å². The molecule has 6 heteroatoms. The molecule has 0 aliphatic rings. The molecule has 0 spiro atoms. The van der Waals surface area contributed by atoms with Gasteiger partial charge in [-0.05, 0) is 33.8 Å². The zero-order valence-electron chi connectivity index (χ0n) is 11.5. The van der Waals surface area contributed by atoms with Gasteiger partial charge in [-0.3, -0.25) is 9.36 Å². The van der Waals surface area contributed by atoms with Crippen LogP contribution in [0.5, 0.6) is 0 Å². The molecule has 6 nitrogen and oxygen atoms in total. The standard InChI is InChI=1S/C13H17N3O3/c1-9(12(18)19-13(2,3)4)15-7-8-16-10(11(15)17)5-6-14-16/h5-9H,1-4H3. The Balaban J connectivity index is 2.36. The second-order valence-corrected chi connectivity index (χ2v) is 5.38. The summed E-state index contributed by atoms with van der Waals surface area (Å²) in [6, 6.07) is 0.937. The Morgan fingerprint density at radius 1 is 1.37 bits per heavy atom. The summed E-state index contributed by atoms with van der Waals surface area (Å²) in [5.41, 5.74) is -0.411. The van der Waals surface area contributed by atoms with Crippen molar-refractivity contribution in [3.63, 3.8) is 0 Å². The third-order valence-electron chi connectivity index (χ3n) is 2.66. The van der Waals surface area contributed by atoms with E-state index in [4.69, 9.17) is 4.74 Å². The van der Waals surface area contributed by atoms with Crippen molar-refractivity contribution < 1.29 is 9.53 Å². The summed E-state index contributed by atoms with van der Waals surface area (Å²) in [6.07, 6.45) is 4.72. The second-order valence-electron chi connectivity index (χ2n) is 5.38. The van der Waals surface area contributed by atoms with Crippen molar-refractivity contribution in [2.24, 2.45) is 0 Å². The van der Waals surface area contributed by atoms with Crippen LogP contribution in [-0.2, 0) is 9.53 Å². The maximum absolute atomic E-state index is 12.2. The predicted molar refractivity (Wildman–Crippen MR) is 70.0 cm³/mol. The maximum atomic E-state index is 12.2. The first-order chi connectivity index (χ1) is 8.79. The van der Waals surface area contributed by atoms with E-state index in [1.165, 1.54) is 15.3 Å². The Kier molecular flexibility index (Phi) is 3.18. The molecule has 0 amide bonds. The first-order valence-electron chi connectivity index (χ1n) is 6.07. The first-order valence-corrected chi connectivity index (χ1v) is 6.07. The van der Waals surface area contributed by atoms with Gasteiger partial charge in [0.05, 0.1) is 6.20 Å². The van der Waals surface area contributed by atoms with E-state index in [9.17, 15) is 9.59 Å². The van der Waals surface area contributed by atoms with Gasteiger partial charge in [-0.15, -0.1) is 0 Å². The van der Waals surface area contributed by atoms with Gasteiger partial charge in [0.2, 0.25) is 0 Å². The minimum atomic E-state index is -0.674. The number of nitrogens with zero attached hydrogens (tertiary/aromatic N) is 3. The quantitative estimate of drug-likeness (QED) is 0.768. The highest BCUT2D eigenvalue weighted by molar-refractivity contribution is 5.74. The number of esters is 1. The molecule has 2 rings (SSSR count). The lowest BCUT2D eigenvalue weighted by molar-refractivity contribution is -0.158. The molecule has 0 N–H and O–H groups in total. The lowest BCUT2D eigenvalue weighted by atomic mass is 10.2. The molecule has 0 fully saturated rings. The zero-order valence-corrected chi connectivity index (χ0v) is 11.5. The van der Waals surface area contributed by atoms with Crippen LogP contribution < -0.4 is 5.56 Å². The van der Waals surface area contributed by atoms with Crippen LogP contribution >= 0.6 is 0 Å². The smallest absolute Gasteiger partial charge is 0.329 e. The molecule has 102 valence electrons. The van der Waals surface area contributed by atoms with Crippen LogP contribution in [0.1, 0.15) is 33.7 Å². The van der Waals surface area contributed by atoms with E-state index in [-0.39, 0.29) is 5.56 Å². The van der Waals surface area contributed by atoms with Gasteiger partial charge in [0.1, 0.15) is 17.2 Å². The fraction of sp³-hybridized carbons (Fsp3) is 0.462. The van der Waals surface area contributed by atoms with Gasteiger partial charge in [0, 0.05) is 12.4 Å². The van der Waals surface area contributed by atoms with Gasteiger partial charge in [-0.1, -0.05) is 0 Å². The molecule has 0 radical (unpaired) electrons. The fourth-order valence-corrected chi connectivity index (χ4v) is 1.74. The lowest BCUT2D eigenvalue weighted by Gasteiger charge is -2.23. The van der Waals surface area contributed by atoms with Crippen molar-refractivity contribution in [1.82, 2.24) is 14.2 Å². The summed E-state index contributed by atoms with van der Waals surface area (Å²) in [5.74, 6) is -0.432. The lowest BCUT2D eigenvalue weighted by Crippen LogP contribution is -2.33. The van der Waals surface area contributed by atoms with Crippen molar-refractivity contribution in [2.45, 2.75) is 39.3 Å². The molecule has 1 unspecified atom stereocenters. The molecule has 0 saturated heterocycles. The van der Waals surface area contributed by atoms with E-state index in [0.29, 0.717) is 5.52 Å². The average molecular weight is 263 g/mol. The highest BCUT2D eigenvalue weighted by Crippen LogP contribution is 2.13. The van der Waals surface area contributed by atoms with Gasteiger partial charge >= 0.3 is 5.97 Å². The molecule has 2 aromatic rings. The van der Waals surface area contributed by atoms with E-state index in [1.54, 1.807) is 46.2 Å². The number of carbonyl (C=O) groups excluding carboxylic acids is 1. The third-order valence-corrected chi connectivity index (χ3v) is 2.66. The Morgan fingerprint density at radius 3 is 2.68 bits per heavy atom. The SMILES string of the molecule is CC(C(=O)OC(C)(C)C)n1ccn2nccc2c1=O. The molecule has 1 atom stereocenters. The fourth-order valence-electron chi connectivity index (χ4n) is 1.74. The van der Waals surface area contributed by atoms with Gasteiger partial charge in [0.15, 0.2) is 0 Å². The highest BCUT2D eigenvalue weighted by Gasteiger charge is 2.24. The van der Waals surface area contributed by atoms with Crippen molar-refractivity contribution in [3.8, 4) is 0 Å². The molecule has 0 bridgehead atoms. The van der Waals surface area contributed by atoms with E-state index in [0.717, 1.165) is 0 Å². The molecule has 0 aromatic carbocycles. The van der Waals surface area contributed by atoms with Crippen molar-refractivity contribution >= 4 is 11.5 Å². The third kappa shape index (κ3) is 2.67. The predicted octanol–water partition coefficient (Wildman–Crippen LogP) is 1.40. The summed E-state index contributed by atoms with van der Waals surface area (Å²) >= 11 is 0. The molecule has 0 aliphatic heterocycles. The molecule has 2 heterocycles. The number of hydrogen-bond donors (Lipinski definition) is 0. The van der Waals surface area contributed by atoms with Gasteiger partial charge in [0.25, 0.3) is 5.56 Å². The van der Waals surface area contributed by atoms with Crippen LogP contribution in [0.15, 0.2) is 29.5 Å². The number of fused-ring (bicyclic) bond motifs is 1. The zero-order chi connectivity index (χ0) is 14.2. The number of ether oxygens (including phenoxy) is 1. The molecule has 2 aromatic heterocycles. The van der Waals surface area contributed by atoms with Crippen LogP contribution in [0.3, 0.4) is 0 Å². The van der Waals surface area contributed by atoms with Crippen LogP contribution in [0.2, 0.25) is 0 Å². The number of aromatic nitrogens is 3. The normalized spacial score (nSPS) is 13.5. The molecule has 19 heavy (non-hydrogen) atoms. The largest absolute Gasteiger partial charge is 0.458 e. The van der Waals surface area contributed by atoms with Crippen molar-refractivity contribution in [3.05, 3.63) is 35.0 Å². The summed E-state index contributed by atoms with van der Waals surface area (Å²) < 4.78 is 8.11. The van der Waals surface area contributed by atoms with E-state index < -0.39 is 17.6 Å². The van der Waals surface area contributed by atoms with Crippen molar-refractivity contribution in [1.29, 1.82) is 0 Å². The number of rotatable bonds is 2. The molecule has 0 saturated carbocycles. The van der Waals surface area contributed by atoms with Gasteiger partial charge in [-0.2, -0.15) is 5.10 Å². The monoisotopic (exact) mass is 263 g/mol. The van der Waals surface area contributed by atoms with Gasteiger partial charge < -0.3 is 4.74 Å². The topological polar surface area (TPSA) is 65.6 Å². The van der Waals surface area contributed by atoms with Gasteiger partial charge in [-0.25, -0.2) is 9.31 Å². The maximum Gasteiger partial charge on any atom is 0.329 e. The van der Waals surface area contributed by atoms with Crippen LogP contribution in [0.4, 0.5) is 0 Å². The summed E-state index contributed by atoms with van der Waals surface area (Å²) in [4.78, 5) is 24.2. The summed E-state index contributed by atoms with van der Waals surface area (Å²) in [6.45, 7) is 7.02. The summed E-state index contributed by atoms with van der Waals surface area (Å²) in [5, 5.41) is 3.97. The Labute approximate surface area is 110 Å². The average Bonchev–Trinajstić information content (AvgIpc) is 2.75. The second kappa shape index (κ2) is 4.53. The van der Waals surface area contributed by atoms with E-state index >= 15 is 0 Å². The van der Waals surface area contributed by atoms with E-state index in [2.05, 4.69) is 5.10 Å². The van der Waals surface area contributed by atoms with E-state index in [1.807, 2.05) is 0 Å². The Bertz CT molecular complexity index is 664. The summed E-state index contributed by atoms with van der Waals surface area (Å²) in [7, 11) is 0. The Morgan fingerprint density at radius 2 is 2.05 bits per heavy atom. The number of carbonyl (C=O) groups is 1. The minimum Gasteiger partial charge on any atom is -0.458 e. The molecular weight excluding hydrogens is 246 g/mol. The molecular formula is C13H17N3O3.